The third-order valence-corrected chi connectivity index (χ3v) is 2.27. The number of carbonyl (C=O) groups excluding carboxylic acids is 1. The molecular weight excluding hydrogens is 214 g/mol. The zero-order chi connectivity index (χ0) is 12.1. The first-order chi connectivity index (χ1) is 8.24. The molecule has 2 aromatic rings. The van der Waals surface area contributed by atoms with Crippen molar-refractivity contribution in [1.82, 2.24) is 10.2 Å². The number of rotatable bonds is 3. The van der Waals surface area contributed by atoms with Crippen LogP contribution in [0.25, 0.3) is 0 Å². The summed E-state index contributed by atoms with van der Waals surface area (Å²) in [6.45, 7) is 1.85. The number of aromatic nitrogens is 2. The summed E-state index contributed by atoms with van der Waals surface area (Å²) in [5, 5.41) is 10.5. The van der Waals surface area contributed by atoms with E-state index in [9.17, 15) is 4.79 Å². The third kappa shape index (κ3) is 3.38. The van der Waals surface area contributed by atoms with Gasteiger partial charge in [0.15, 0.2) is 5.82 Å². The topological polar surface area (TPSA) is 54.9 Å². The van der Waals surface area contributed by atoms with E-state index in [2.05, 4.69) is 15.5 Å². The normalized spacial score (nSPS) is 9.94. The van der Waals surface area contributed by atoms with Crippen LogP contribution in [0.2, 0.25) is 0 Å². The second-order valence-electron chi connectivity index (χ2n) is 3.77. The fraction of sp³-hybridized carbons (Fsp3) is 0.154. The Morgan fingerprint density at radius 1 is 1.12 bits per heavy atom. The third-order valence-electron chi connectivity index (χ3n) is 2.27. The van der Waals surface area contributed by atoms with E-state index < -0.39 is 0 Å². The van der Waals surface area contributed by atoms with E-state index in [1.54, 1.807) is 6.07 Å². The van der Waals surface area contributed by atoms with Gasteiger partial charge in [0.05, 0.1) is 12.1 Å². The van der Waals surface area contributed by atoms with Crippen LogP contribution >= 0.6 is 0 Å². The molecule has 1 heterocycles. The van der Waals surface area contributed by atoms with Crippen molar-refractivity contribution in [3.8, 4) is 0 Å². The zero-order valence-electron chi connectivity index (χ0n) is 9.55. The van der Waals surface area contributed by atoms with Gasteiger partial charge >= 0.3 is 0 Å². The molecule has 0 aliphatic rings. The maximum atomic E-state index is 11.7. The number of amides is 1. The van der Waals surface area contributed by atoms with Crippen LogP contribution in [0.15, 0.2) is 42.5 Å². The molecule has 0 aliphatic carbocycles. The number of hydrogen-bond donors (Lipinski definition) is 1. The van der Waals surface area contributed by atoms with Crippen LogP contribution in [0.1, 0.15) is 11.3 Å². The quantitative estimate of drug-likeness (QED) is 0.872. The van der Waals surface area contributed by atoms with Gasteiger partial charge in [-0.25, -0.2) is 0 Å². The van der Waals surface area contributed by atoms with Gasteiger partial charge in [0.1, 0.15) is 0 Å². The molecule has 0 unspecified atom stereocenters. The average Bonchev–Trinajstić information content (AvgIpc) is 2.33. The van der Waals surface area contributed by atoms with Crippen molar-refractivity contribution < 1.29 is 4.79 Å². The minimum atomic E-state index is -0.0886. The van der Waals surface area contributed by atoms with Crippen molar-refractivity contribution in [2.75, 3.05) is 5.32 Å². The van der Waals surface area contributed by atoms with Crippen molar-refractivity contribution >= 4 is 11.7 Å². The SMILES string of the molecule is Cc1ccc(NC(=O)Cc2ccccc2)nn1. The Bertz CT molecular complexity index is 494. The first-order valence-electron chi connectivity index (χ1n) is 5.38. The molecule has 0 saturated carbocycles. The monoisotopic (exact) mass is 227 g/mol. The summed E-state index contributed by atoms with van der Waals surface area (Å²) in [6, 6.07) is 13.1. The maximum absolute atomic E-state index is 11.7. The molecule has 0 aliphatic heterocycles. The van der Waals surface area contributed by atoms with Gasteiger partial charge in [0.25, 0.3) is 0 Å². The van der Waals surface area contributed by atoms with Gasteiger partial charge in [0, 0.05) is 0 Å². The number of benzene rings is 1. The van der Waals surface area contributed by atoms with Crippen molar-refractivity contribution in [2.45, 2.75) is 13.3 Å². The maximum Gasteiger partial charge on any atom is 0.229 e. The van der Waals surface area contributed by atoms with E-state index in [0.717, 1.165) is 11.3 Å². The van der Waals surface area contributed by atoms with Crippen molar-refractivity contribution in [3.05, 3.63) is 53.7 Å². The number of nitrogens with zero attached hydrogens (tertiary/aromatic N) is 2. The Hall–Kier alpha value is -2.23. The molecule has 1 aromatic heterocycles. The Balaban J connectivity index is 1.96. The molecule has 0 saturated heterocycles. The van der Waals surface area contributed by atoms with Crippen LogP contribution in [-0.2, 0) is 11.2 Å². The molecule has 4 heteroatoms. The Labute approximate surface area is 99.7 Å². The van der Waals surface area contributed by atoms with Crippen LogP contribution in [0.5, 0.6) is 0 Å². The highest BCUT2D eigenvalue weighted by Crippen LogP contribution is 2.04. The highest BCUT2D eigenvalue weighted by atomic mass is 16.1. The molecule has 0 bridgehead atoms. The van der Waals surface area contributed by atoms with Crippen LogP contribution < -0.4 is 5.32 Å². The van der Waals surface area contributed by atoms with Crippen molar-refractivity contribution in [2.24, 2.45) is 0 Å². The van der Waals surface area contributed by atoms with E-state index in [1.807, 2.05) is 43.3 Å². The molecule has 0 radical (unpaired) electrons. The molecule has 17 heavy (non-hydrogen) atoms. The van der Waals surface area contributed by atoms with E-state index >= 15 is 0 Å². The molecule has 0 fully saturated rings. The fourth-order valence-corrected chi connectivity index (χ4v) is 1.43. The van der Waals surface area contributed by atoms with Crippen LogP contribution in [0.3, 0.4) is 0 Å². The van der Waals surface area contributed by atoms with Gasteiger partial charge in [-0.2, -0.15) is 5.10 Å². The highest BCUT2D eigenvalue weighted by molar-refractivity contribution is 5.91. The van der Waals surface area contributed by atoms with E-state index in [0.29, 0.717) is 12.2 Å². The fourth-order valence-electron chi connectivity index (χ4n) is 1.43. The number of aryl methyl sites for hydroxylation is 1. The van der Waals surface area contributed by atoms with Gasteiger partial charge in [-0.15, -0.1) is 5.10 Å². The molecule has 2 rings (SSSR count). The molecule has 1 aromatic carbocycles. The highest BCUT2D eigenvalue weighted by Gasteiger charge is 2.04. The Morgan fingerprint density at radius 2 is 1.88 bits per heavy atom. The first-order valence-corrected chi connectivity index (χ1v) is 5.38. The first kappa shape index (κ1) is 11.3. The van der Waals surface area contributed by atoms with Crippen LogP contribution in [-0.4, -0.2) is 16.1 Å². The van der Waals surface area contributed by atoms with E-state index in [-0.39, 0.29) is 5.91 Å². The van der Waals surface area contributed by atoms with Crippen molar-refractivity contribution in [1.29, 1.82) is 0 Å². The van der Waals surface area contributed by atoms with Crippen LogP contribution in [0.4, 0.5) is 5.82 Å². The van der Waals surface area contributed by atoms with Crippen LogP contribution in [0, 0.1) is 6.92 Å². The molecule has 86 valence electrons. The number of carbonyl (C=O) groups is 1. The lowest BCUT2D eigenvalue weighted by Crippen LogP contribution is -2.15. The Morgan fingerprint density at radius 3 is 2.53 bits per heavy atom. The molecule has 0 atom stereocenters. The van der Waals surface area contributed by atoms with Gasteiger partial charge in [-0.3, -0.25) is 4.79 Å². The second-order valence-corrected chi connectivity index (χ2v) is 3.77. The summed E-state index contributed by atoms with van der Waals surface area (Å²) in [4.78, 5) is 11.7. The minimum Gasteiger partial charge on any atom is -0.309 e. The van der Waals surface area contributed by atoms with E-state index in [1.165, 1.54) is 0 Å². The molecule has 1 N–H and O–H groups in total. The molecular formula is C13H13N3O. The number of nitrogens with one attached hydrogen (secondary N) is 1. The summed E-state index contributed by atoms with van der Waals surface area (Å²) in [6.07, 6.45) is 0.344. The lowest BCUT2D eigenvalue weighted by atomic mass is 10.1. The molecule has 4 nitrogen and oxygen atoms in total. The molecule has 0 spiro atoms. The lowest BCUT2D eigenvalue weighted by molar-refractivity contribution is -0.115. The molecule has 1 amide bonds. The summed E-state index contributed by atoms with van der Waals surface area (Å²) in [5.41, 5.74) is 1.80. The second kappa shape index (κ2) is 5.21. The van der Waals surface area contributed by atoms with Gasteiger partial charge in [-0.05, 0) is 24.6 Å². The lowest BCUT2D eigenvalue weighted by Gasteiger charge is -2.03. The number of anilines is 1. The summed E-state index contributed by atoms with van der Waals surface area (Å²) in [7, 11) is 0. The smallest absolute Gasteiger partial charge is 0.229 e. The van der Waals surface area contributed by atoms with Gasteiger partial charge in [0.2, 0.25) is 5.91 Å². The average molecular weight is 227 g/mol. The Kier molecular flexibility index (Phi) is 3.45. The van der Waals surface area contributed by atoms with Crippen molar-refractivity contribution in [3.63, 3.8) is 0 Å². The predicted molar refractivity (Wildman–Crippen MR) is 65.5 cm³/mol. The summed E-state index contributed by atoms with van der Waals surface area (Å²) < 4.78 is 0. The summed E-state index contributed by atoms with van der Waals surface area (Å²) in [5.74, 6) is 0.394. The van der Waals surface area contributed by atoms with Gasteiger partial charge < -0.3 is 5.32 Å². The van der Waals surface area contributed by atoms with Gasteiger partial charge in [-0.1, -0.05) is 30.3 Å². The van der Waals surface area contributed by atoms with E-state index in [4.69, 9.17) is 0 Å². The predicted octanol–water partition coefficient (Wildman–Crippen LogP) is 1.97. The summed E-state index contributed by atoms with van der Waals surface area (Å²) >= 11 is 0. The zero-order valence-corrected chi connectivity index (χ0v) is 9.55. The minimum absolute atomic E-state index is 0.0886. The largest absolute Gasteiger partial charge is 0.309 e. The standard InChI is InChI=1S/C13H13N3O/c1-10-7-8-12(16-15-10)14-13(17)9-11-5-3-2-4-6-11/h2-8H,9H2,1H3,(H,14,16,17). The number of hydrogen-bond acceptors (Lipinski definition) is 3.